The van der Waals surface area contributed by atoms with Crippen molar-refractivity contribution < 1.29 is 4.74 Å². The minimum absolute atomic E-state index is 0.399. The highest BCUT2D eigenvalue weighted by atomic mass is 35.5. The van der Waals surface area contributed by atoms with Gasteiger partial charge in [0.25, 0.3) is 0 Å². The van der Waals surface area contributed by atoms with E-state index in [0.29, 0.717) is 15.9 Å². The topological polar surface area (TPSA) is 22.1 Å². The van der Waals surface area contributed by atoms with Crippen LogP contribution in [0.1, 0.15) is 26.3 Å². The summed E-state index contributed by atoms with van der Waals surface area (Å²) in [6, 6.07) is 17.6. The zero-order chi connectivity index (χ0) is 19.2. The van der Waals surface area contributed by atoms with Crippen molar-refractivity contribution in [3.8, 4) is 28.3 Å². The molecule has 3 aromatic rings. The molecular weight excluding hydrogens is 377 g/mol. The molecule has 0 unspecified atom stereocenters. The van der Waals surface area contributed by atoms with Gasteiger partial charge in [-0.2, -0.15) is 0 Å². The lowest BCUT2D eigenvalue weighted by Gasteiger charge is -2.30. The number of fused-ring (bicyclic) bond motifs is 1. The summed E-state index contributed by atoms with van der Waals surface area (Å²) < 4.78 is 6.15. The van der Waals surface area contributed by atoms with E-state index in [1.807, 2.05) is 62.4 Å². The van der Waals surface area contributed by atoms with Crippen molar-refractivity contribution in [2.75, 3.05) is 0 Å². The highest BCUT2D eigenvalue weighted by Gasteiger charge is 2.28. The first-order chi connectivity index (χ1) is 12.8. The normalized spacial score (nSPS) is 14.9. The first-order valence-electron chi connectivity index (χ1n) is 8.79. The van der Waals surface area contributed by atoms with Crippen LogP contribution in [0.15, 0.2) is 60.7 Å². The predicted octanol–water partition coefficient (Wildman–Crippen LogP) is 7.30. The smallest absolute Gasteiger partial charge is 0.222 e. The average molecular weight is 396 g/mol. The summed E-state index contributed by atoms with van der Waals surface area (Å²) in [6.07, 6.45) is 2.12. The number of nitrogens with zero attached hydrogens (tertiary/aromatic N) is 1. The van der Waals surface area contributed by atoms with Crippen LogP contribution in [-0.4, -0.2) is 10.6 Å². The van der Waals surface area contributed by atoms with Crippen molar-refractivity contribution in [3.63, 3.8) is 0 Å². The minimum Gasteiger partial charge on any atom is -0.467 e. The third-order valence-corrected chi connectivity index (χ3v) is 5.20. The molecule has 0 saturated heterocycles. The predicted molar refractivity (Wildman–Crippen MR) is 113 cm³/mol. The number of hydrogen-bond donors (Lipinski definition) is 0. The van der Waals surface area contributed by atoms with Gasteiger partial charge in [-0.3, -0.25) is 0 Å². The van der Waals surface area contributed by atoms with E-state index in [1.54, 1.807) is 0 Å². The number of hydrogen-bond acceptors (Lipinski definition) is 2. The van der Waals surface area contributed by atoms with E-state index in [9.17, 15) is 0 Å². The summed E-state index contributed by atoms with van der Waals surface area (Å²) >= 11 is 12.6. The van der Waals surface area contributed by atoms with Crippen LogP contribution in [0.2, 0.25) is 10.0 Å². The Balaban J connectivity index is 2.00. The fourth-order valence-corrected chi connectivity index (χ4v) is 3.79. The van der Waals surface area contributed by atoms with Gasteiger partial charge in [0.1, 0.15) is 5.60 Å². The second-order valence-corrected chi connectivity index (χ2v) is 8.10. The lowest BCUT2D eigenvalue weighted by molar-refractivity contribution is 0.150. The van der Waals surface area contributed by atoms with Crippen LogP contribution in [0.5, 0.6) is 5.88 Å². The highest BCUT2D eigenvalue weighted by Crippen LogP contribution is 2.42. The largest absolute Gasteiger partial charge is 0.467 e. The molecule has 2 heterocycles. The Morgan fingerprint density at radius 3 is 2.30 bits per heavy atom. The van der Waals surface area contributed by atoms with Gasteiger partial charge in [-0.15, -0.1) is 0 Å². The van der Waals surface area contributed by atoms with Crippen LogP contribution in [0, 0.1) is 0 Å². The zero-order valence-electron chi connectivity index (χ0n) is 15.4. The fraction of sp³-hybridized carbons (Fsp3) is 0.174. The first kappa shape index (κ1) is 18.1. The van der Waals surface area contributed by atoms with Crippen LogP contribution < -0.4 is 4.74 Å². The molecule has 0 saturated carbocycles. The van der Waals surface area contributed by atoms with Gasteiger partial charge < -0.3 is 4.74 Å². The first-order valence-corrected chi connectivity index (χ1v) is 9.54. The van der Waals surface area contributed by atoms with Crippen LogP contribution in [0.25, 0.3) is 28.0 Å². The van der Waals surface area contributed by atoms with E-state index in [0.717, 1.165) is 33.5 Å². The van der Waals surface area contributed by atoms with Gasteiger partial charge in [0.05, 0.1) is 5.69 Å². The fourth-order valence-electron chi connectivity index (χ4n) is 3.44. The molecule has 0 amide bonds. The monoisotopic (exact) mass is 395 g/mol. The Bertz CT molecular complexity index is 1050. The summed E-state index contributed by atoms with van der Waals surface area (Å²) in [4.78, 5) is 4.91. The maximum atomic E-state index is 6.50. The molecule has 0 atom stereocenters. The quantitative estimate of drug-likeness (QED) is 0.454. The molecule has 0 spiro atoms. The molecule has 0 radical (unpaired) electrons. The molecule has 136 valence electrons. The van der Waals surface area contributed by atoms with E-state index in [2.05, 4.69) is 19.1 Å². The van der Waals surface area contributed by atoms with Crippen LogP contribution in [-0.2, 0) is 0 Å². The Labute approximate surface area is 169 Å². The van der Waals surface area contributed by atoms with Gasteiger partial charge in [0.15, 0.2) is 0 Å². The van der Waals surface area contributed by atoms with Gasteiger partial charge in [0.2, 0.25) is 5.88 Å². The van der Waals surface area contributed by atoms with Crippen LogP contribution >= 0.6 is 23.2 Å². The van der Waals surface area contributed by atoms with Crippen molar-refractivity contribution in [1.82, 2.24) is 4.98 Å². The number of ether oxygens (including phenoxy) is 1. The van der Waals surface area contributed by atoms with Gasteiger partial charge >= 0.3 is 0 Å². The van der Waals surface area contributed by atoms with E-state index in [1.165, 1.54) is 0 Å². The number of aromatic nitrogens is 1. The van der Waals surface area contributed by atoms with Gasteiger partial charge in [-0.05, 0) is 62.2 Å². The molecular formula is C23H19Cl2NO. The number of allylic oxidation sites excluding steroid dienone is 1. The molecule has 2 nitrogen and oxygen atoms in total. The van der Waals surface area contributed by atoms with E-state index < -0.39 is 5.60 Å². The summed E-state index contributed by atoms with van der Waals surface area (Å²) in [5, 5.41) is 1.35. The Kier molecular flexibility index (Phi) is 4.49. The van der Waals surface area contributed by atoms with E-state index >= 15 is 0 Å². The molecule has 1 aromatic heterocycles. The third kappa shape index (κ3) is 3.47. The van der Waals surface area contributed by atoms with Crippen molar-refractivity contribution in [2.24, 2.45) is 0 Å². The van der Waals surface area contributed by atoms with Crippen LogP contribution in [0.4, 0.5) is 0 Å². The second kappa shape index (κ2) is 6.70. The number of pyridine rings is 1. The molecule has 0 N–H and O–H groups in total. The summed E-state index contributed by atoms with van der Waals surface area (Å²) in [7, 11) is 0. The zero-order valence-corrected chi connectivity index (χ0v) is 16.9. The van der Waals surface area contributed by atoms with Gasteiger partial charge in [-0.25, -0.2) is 4.98 Å². The van der Waals surface area contributed by atoms with Crippen LogP contribution in [0.3, 0.4) is 0 Å². The molecule has 0 bridgehead atoms. The Morgan fingerprint density at radius 2 is 1.59 bits per heavy atom. The average Bonchev–Trinajstić information content (AvgIpc) is 2.61. The summed E-state index contributed by atoms with van der Waals surface area (Å²) in [5.41, 5.74) is 5.44. The van der Waals surface area contributed by atoms with Gasteiger partial charge in [-0.1, -0.05) is 53.5 Å². The summed E-state index contributed by atoms with van der Waals surface area (Å²) in [6.45, 7) is 6.15. The van der Waals surface area contributed by atoms with E-state index in [4.69, 9.17) is 32.9 Å². The van der Waals surface area contributed by atoms with Crippen molar-refractivity contribution in [2.45, 2.75) is 26.4 Å². The summed E-state index contributed by atoms with van der Waals surface area (Å²) in [5.74, 6) is 0.632. The molecule has 27 heavy (non-hydrogen) atoms. The van der Waals surface area contributed by atoms with Gasteiger partial charge in [0, 0.05) is 26.7 Å². The maximum absolute atomic E-state index is 6.50. The SMILES string of the molecule is CC1=CC(C)(C)Oc2nc(-c3ccccc3Cl)c(-c3ccc(Cl)cc3)cc21. The Morgan fingerprint density at radius 1 is 0.889 bits per heavy atom. The second-order valence-electron chi connectivity index (χ2n) is 7.26. The molecule has 0 fully saturated rings. The number of benzene rings is 2. The number of halogens is 2. The standard InChI is InChI=1S/C23H19Cl2NO/c1-14-13-23(2,3)27-22-18(14)12-19(15-8-10-16(24)11-9-15)21(26-22)17-6-4-5-7-20(17)25/h4-13H,1-3H3. The molecule has 1 aliphatic heterocycles. The maximum Gasteiger partial charge on any atom is 0.222 e. The highest BCUT2D eigenvalue weighted by molar-refractivity contribution is 6.33. The van der Waals surface area contributed by atoms with Crippen molar-refractivity contribution in [3.05, 3.63) is 76.3 Å². The van der Waals surface area contributed by atoms with Crippen molar-refractivity contribution >= 4 is 28.8 Å². The molecule has 0 aliphatic carbocycles. The van der Waals surface area contributed by atoms with Crippen molar-refractivity contribution in [1.29, 1.82) is 0 Å². The number of rotatable bonds is 2. The lowest BCUT2D eigenvalue weighted by atomic mass is 9.92. The molecule has 2 aromatic carbocycles. The molecule has 4 heteroatoms. The third-order valence-electron chi connectivity index (χ3n) is 4.62. The minimum atomic E-state index is -0.399. The molecule has 4 rings (SSSR count). The Hall–Kier alpha value is -2.29. The lowest BCUT2D eigenvalue weighted by Crippen LogP contribution is -2.29. The molecule has 1 aliphatic rings. The van der Waals surface area contributed by atoms with E-state index in [-0.39, 0.29) is 0 Å².